The van der Waals surface area contributed by atoms with Crippen LogP contribution < -0.4 is 15.2 Å². The first-order chi connectivity index (χ1) is 12.1. The lowest BCUT2D eigenvalue weighted by Crippen LogP contribution is -2.34. The molecule has 26 heavy (non-hydrogen) atoms. The highest BCUT2D eigenvalue weighted by atomic mass is 35.5. The Morgan fingerprint density at radius 1 is 1.23 bits per heavy atom. The number of methoxy groups -OCH3 is 1. The van der Waals surface area contributed by atoms with Gasteiger partial charge in [0.25, 0.3) is 5.89 Å². The highest BCUT2D eigenvalue weighted by molar-refractivity contribution is 5.85. The molecule has 142 valence electrons. The van der Waals surface area contributed by atoms with E-state index in [0.29, 0.717) is 24.1 Å². The molecule has 0 spiro atoms. The van der Waals surface area contributed by atoms with Crippen molar-refractivity contribution in [3.05, 3.63) is 35.5 Å². The molecule has 7 heteroatoms. The Kier molecular flexibility index (Phi) is 7.06. The second-order valence-electron chi connectivity index (χ2n) is 6.41. The lowest BCUT2D eigenvalue weighted by Gasteiger charge is -2.17. The summed E-state index contributed by atoms with van der Waals surface area (Å²) in [6.45, 7) is 2.73. The number of rotatable bonds is 7. The zero-order chi connectivity index (χ0) is 17.7. The number of nitrogens with two attached hydrogens (primary N) is 1. The molecule has 0 radical (unpaired) electrons. The third-order valence-corrected chi connectivity index (χ3v) is 4.45. The van der Waals surface area contributed by atoms with Gasteiger partial charge >= 0.3 is 0 Å². The number of hydrogen-bond donors (Lipinski definition) is 1. The molecule has 1 saturated carbocycles. The predicted molar refractivity (Wildman–Crippen MR) is 104 cm³/mol. The highest BCUT2D eigenvalue weighted by Gasteiger charge is 2.35. The standard InChI is InChI=1S/C19H25N3O3.ClH/c1-3-12-24-15-8-6-14(13-16(15)23-2)7-9-17-21-18(22-25-17)19(20)10-4-5-11-19;/h6-9,13H,3-5,10-12,20H2,1-2H3;1H/b9-7+;. The van der Waals surface area contributed by atoms with Crippen molar-refractivity contribution in [3.63, 3.8) is 0 Å². The van der Waals surface area contributed by atoms with Crippen LogP contribution in [-0.4, -0.2) is 23.9 Å². The summed E-state index contributed by atoms with van der Waals surface area (Å²) in [6, 6.07) is 5.78. The number of aromatic nitrogens is 2. The van der Waals surface area contributed by atoms with Crippen LogP contribution in [0.4, 0.5) is 0 Å². The lowest BCUT2D eigenvalue weighted by molar-refractivity contribution is 0.294. The maximum Gasteiger partial charge on any atom is 0.250 e. The molecule has 0 saturated heterocycles. The van der Waals surface area contributed by atoms with Crippen LogP contribution in [0.3, 0.4) is 0 Å². The van der Waals surface area contributed by atoms with Crippen molar-refractivity contribution < 1.29 is 14.0 Å². The van der Waals surface area contributed by atoms with Gasteiger partial charge in [-0.15, -0.1) is 12.4 Å². The second-order valence-corrected chi connectivity index (χ2v) is 6.41. The quantitative estimate of drug-likeness (QED) is 0.776. The molecule has 0 aliphatic heterocycles. The average Bonchev–Trinajstić information content (AvgIpc) is 3.28. The van der Waals surface area contributed by atoms with E-state index in [1.807, 2.05) is 24.3 Å². The average molecular weight is 380 g/mol. The molecule has 1 heterocycles. The smallest absolute Gasteiger partial charge is 0.250 e. The van der Waals surface area contributed by atoms with Crippen molar-refractivity contribution in [2.75, 3.05) is 13.7 Å². The van der Waals surface area contributed by atoms with Crippen molar-refractivity contribution >= 4 is 24.6 Å². The fourth-order valence-corrected chi connectivity index (χ4v) is 3.02. The van der Waals surface area contributed by atoms with Crippen LogP contribution in [0, 0.1) is 0 Å². The molecule has 1 aliphatic carbocycles. The predicted octanol–water partition coefficient (Wildman–Crippen LogP) is 4.19. The molecule has 0 atom stereocenters. The van der Waals surface area contributed by atoms with Gasteiger partial charge in [0.1, 0.15) is 0 Å². The fraction of sp³-hybridized carbons (Fsp3) is 0.474. The van der Waals surface area contributed by atoms with Crippen molar-refractivity contribution in [3.8, 4) is 11.5 Å². The minimum atomic E-state index is -0.433. The van der Waals surface area contributed by atoms with Crippen molar-refractivity contribution in [1.29, 1.82) is 0 Å². The van der Waals surface area contributed by atoms with Crippen LogP contribution in [-0.2, 0) is 5.54 Å². The molecule has 1 aliphatic rings. The Morgan fingerprint density at radius 2 is 2.00 bits per heavy atom. The van der Waals surface area contributed by atoms with Gasteiger partial charge in [0.15, 0.2) is 17.3 Å². The molecule has 0 bridgehead atoms. The summed E-state index contributed by atoms with van der Waals surface area (Å²) >= 11 is 0. The van der Waals surface area contributed by atoms with Crippen LogP contribution in [0.15, 0.2) is 22.7 Å². The van der Waals surface area contributed by atoms with Gasteiger partial charge < -0.3 is 19.7 Å². The topological polar surface area (TPSA) is 83.4 Å². The van der Waals surface area contributed by atoms with Gasteiger partial charge in [0.05, 0.1) is 19.3 Å². The maximum atomic E-state index is 6.36. The van der Waals surface area contributed by atoms with E-state index >= 15 is 0 Å². The van der Waals surface area contributed by atoms with Crippen LogP contribution in [0.2, 0.25) is 0 Å². The monoisotopic (exact) mass is 379 g/mol. The normalized spacial score (nSPS) is 15.8. The number of hydrogen-bond acceptors (Lipinski definition) is 6. The van der Waals surface area contributed by atoms with E-state index < -0.39 is 5.54 Å². The molecule has 1 fully saturated rings. The summed E-state index contributed by atoms with van der Waals surface area (Å²) in [5.74, 6) is 2.50. The molecule has 1 aromatic heterocycles. The fourth-order valence-electron chi connectivity index (χ4n) is 3.02. The van der Waals surface area contributed by atoms with Gasteiger partial charge in [-0.3, -0.25) is 0 Å². The van der Waals surface area contributed by atoms with Crippen LogP contribution in [0.5, 0.6) is 11.5 Å². The van der Waals surface area contributed by atoms with Crippen molar-refractivity contribution in [1.82, 2.24) is 10.1 Å². The highest BCUT2D eigenvalue weighted by Crippen LogP contribution is 2.34. The molecule has 1 aromatic carbocycles. The second kappa shape index (κ2) is 9.05. The van der Waals surface area contributed by atoms with Crippen LogP contribution >= 0.6 is 12.4 Å². The van der Waals surface area contributed by atoms with Gasteiger partial charge in [-0.25, -0.2) is 0 Å². The summed E-state index contributed by atoms with van der Waals surface area (Å²) in [4.78, 5) is 4.43. The minimum absolute atomic E-state index is 0. The van der Waals surface area contributed by atoms with Gasteiger partial charge in [-0.1, -0.05) is 31.0 Å². The first-order valence-electron chi connectivity index (χ1n) is 8.76. The molecule has 3 rings (SSSR count). The van der Waals surface area contributed by atoms with Crippen LogP contribution in [0.25, 0.3) is 12.2 Å². The Hall–Kier alpha value is -2.05. The number of halogens is 1. The molecular weight excluding hydrogens is 354 g/mol. The largest absolute Gasteiger partial charge is 0.493 e. The van der Waals surface area contributed by atoms with E-state index in [2.05, 4.69) is 17.1 Å². The Labute approximate surface area is 160 Å². The zero-order valence-corrected chi connectivity index (χ0v) is 16.1. The van der Waals surface area contributed by atoms with E-state index in [9.17, 15) is 0 Å². The van der Waals surface area contributed by atoms with Gasteiger partial charge in [0.2, 0.25) is 0 Å². The molecule has 2 N–H and O–H groups in total. The SMILES string of the molecule is CCCOc1ccc(/C=C/c2nc(C3(N)CCCC3)no2)cc1OC.Cl. The van der Waals surface area contributed by atoms with E-state index in [1.165, 1.54) is 0 Å². The molecule has 6 nitrogen and oxygen atoms in total. The summed E-state index contributed by atoms with van der Waals surface area (Å²) in [7, 11) is 1.63. The Balaban J connectivity index is 0.00000243. The van der Waals surface area contributed by atoms with E-state index in [1.54, 1.807) is 13.2 Å². The number of benzene rings is 1. The van der Waals surface area contributed by atoms with Gasteiger partial charge in [-0.05, 0) is 43.0 Å². The number of ether oxygens (including phenoxy) is 2. The first-order valence-corrected chi connectivity index (χ1v) is 8.76. The Morgan fingerprint density at radius 3 is 2.69 bits per heavy atom. The molecule has 0 unspecified atom stereocenters. The zero-order valence-electron chi connectivity index (χ0n) is 15.2. The lowest BCUT2D eigenvalue weighted by atomic mass is 9.99. The summed E-state index contributed by atoms with van der Waals surface area (Å²) < 4.78 is 16.4. The van der Waals surface area contributed by atoms with Gasteiger partial charge in [-0.2, -0.15) is 4.98 Å². The molecular formula is C19H26ClN3O3. The van der Waals surface area contributed by atoms with Crippen molar-refractivity contribution in [2.24, 2.45) is 5.73 Å². The molecule has 0 amide bonds. The van der Waals surface area contributed by atoms with E-state index in [4.69, 9.17) is 19.7 Å². The summed E-state index contributed by atoms with van der Waals surface area (Å²) in [5, 5.41) is 4.06. The first kappa shape index (κ1) is 20.3. The number of nitrogens with zero attached hydrogens (tertiary/aromatic N) is 2. The third-order valence-electron chi connectivity index (χ3n) is 4.45. The minimum Gasteiger partial charge on any atom is -0.493 e. The molecule has 2 aromatic rings. The Bertz CT molecular complexity index is 739. The van der Waals surface area contributed by atoms with Gasteiger partial charge in [0, 0.05) is 6.08 Å². The van der Waals surface area contributed by atoms with Crippen LogP contribution in [0.1, 0.15) is 56.3 Å². The van der Waals surface area contributed by atoms with E-state index in [0.717, 1.165) is 43.4 Å². The summed E-state index contributed by atoms with van der Waals surface area (Å²) in [5.41, 5.74) is 6.88. The van der Waals surface area contributed by atoms with E-state index in [-0.39, 0.29) is 12.4 Å². The third kappa shape index (κ3) is 4.56. The van der Waals surface area contributed by atoms with Crippen molar-refractivity contribution in [2.45, 2.75) is 44.6 Å². The maximum absolute atomic E-state index is 6.36. The summed E-state index contributed by atoms with van der Waals surface area (Å²) in [6.07, 6.45) is 8.69.